The Bertz CT molecular complexity index is 349. The molecule has 1 N–H and O–H groups in total. The van der Waals surface area contributed by atoms with Crippen LogP contribution in [0.1, 0.15) is 18.9 Å². The zero-order valence-corrected chi connectivity index (χ0v) is 11.1. The zero-order chi connectivity index (χ0) is 12.8. The van der Waals surface area contributed by atoms with E-state index in [2.05, 4.69) is 24.0 Å². The highest BCUT2D eigenvalue weighted by molar-refractivity contribution is 5.17. The van der Waals surface area contributed by atoms with Gasteiger partial charge in [0, 0.05) is 26.1 Å². The van der Waals surface area contributed by atoms with Crippen molar-refractivity contribution in [3.05, 3.63) is 35.9 Å². The van der Waals surface area contributed by atoms with Crippen molar-refractivity contribution in [2.24, 2.45) is 0 Å². The molecule has 1 atom stereocenters. The predicted molar refractivity (Wildman–Crippen MR) is 72.6 cm³/mol. The summed E-state index contributed by atoms with van der Waals surface area (Å²) in [6, 6.07) is 10.2. The Kier molecular flexibility index (Phi) is 4.75. The third-order valence-electron chi connectivity index (χ3n) is 3.66. The fourth-order valence-corrected chi connectivity index (χ4v) is 2.44. The van der Waals surface area contributed by atoms with Crippen molar-refractivity contribution in [2.45, 2.75) is 25.4 Å². The first-order chi connectivity index (χ1) is 8.72. The van der Waals surface area contributed by atoms with Crippen molar-refractivity contribution in [2.75, 3.05) is 32.8 Å². The molecule has 0 aliphatic carbocycles. The summed E-state index contributed by atoms with van der Waals surface area (Å²) >= 11 is 0. The molecule has 1 aromatic carbocycles. The van der Waals surface area contributed by atoms with E-state index in [4.69, 9.17) is 4.74 Å². The van der Waals surface area contributed by atoms with Gasteiger partial charge in [0.15, 0.2) is 0 Å². The minimum Gasteiger partial charge on any atom is -0.388 e. The first-order valence-corrected chi connectivity index (χ1v) is 6.78. The number of hydrogen-bond acceptors (Lipinski definition) is 3. The maximum atomic E-state index is 10.7. The lowest BCUT2D eigenvalue weighted by Gasteiger charge is -2.35. The van der Waals surface area contributed by atoms with Gasteiger partial charge in [0.25, 0.3) is 0 Å². The first-order valence-electron chi connectivity index (χ1n) is 6.78. The number of β-amino-alcohol motifs (C(OH)–C–C–N with tert-alkyl or cyclic N) is 1. The van der Waals surface area contributed by atoms with Gasteiger partial charge in [0.05, 0.1) is 18.8 Å². The minimum atomic E-state index is -0.626. The highest BCUT2D eigenvalue weighted by Crippen LogP contribution is 2.19. The molecule has 1 aromatic rings. The summed E-state index contributed by atoms with van der Waals surface area (Å²) < 4.78 is 5.34. The normalized spacial score (nSPS) is 20.6. The van der Waals surface area contributed by atoms with Gasteiger partial charge in [-0.2, -0.15) is 0 Å². The van der Waals surface area contributed by atoms with E-state index in [9.17, 15) is 5.11 Å². The number of nitrogens with zero attached hydrogens (tertiary/aromatic N) is 1. The molecule has 3 heteroatoms. The molecule has 0 saturated carbocycles. The molecular weight excluding hydrogens is 226 g/mol. The fraction of sp³-hybridized carbons (Fsp3) is 0.600. The van der Waals surface area contributed by atoms with E-state index >= 15 is 0 Å². The molecule has 100 valence electrons. The first kappa shape index (κ1) is 13.5. The summed E-state index contributed by atoms with van der Waals surface area (Å²) in [6.45, 7) is 6.22. The number of ether oxygens (including phenoxy) is 1. The Morgan fingerprint density at radius 1 is 1.22 bits per heavy atom. The predicted octanol–water partition coefficient (Wildman–Crippen LogP) is 1.70. The molecule has 0 amide bonds. The highest BCUT2D eigenvalue weighted by Gasteiger charge is 2.28. The number of benzene rings is 1. The summed E-state index contributed by atoms with van der Waals surface area (Å²) in [6.07, 6.45) is 1.50. The molecule has 1 saturated heterocycles. The molecule has 0 bridgehead atoms. The van der Waals surface area contributed by atoms with Gasteiger partial charge in [-0.3, -0.25) is 4.90 Å². The van der Waals surface area contributed by atoms with Gasteiger partial charge in [-0.05, 0) is 12.0 Å². The molecular formula is C15H23NO2. The van der Waals surface area contributed by atoms with E-state index in [1.54, 1.807) is 0 Å². The van der Waals surface area contributed by atoms with Gasteiger partial charge < -0.3 is 9.84 Å². The van der Waals surface area contributed by atoms with Crippen LogP contribution in [0, 0.1) is 0 Å². The van der Waals surface area contributed by atoms with Crippen LogP contribution in [0.2, 0.25) is 0 Å². The van der Waals surface area contributed by atoms with Crippen LogP contribution >= 0.6 is 0 Å². The molecule has 0 aromatic heterocycles. The number of rotatable bonds is 5. The van der Waals surface area contributed by atoms with Crippen molar-refractivity contribution >= 4 is 0 Å². The molecule has 0 spiro atoms. The summed E-state index contributed by atoms with van der Waals surface area (Å²) in [4.78, 5) is 2.30. The fourth-order valence-electron chi connectivity index (χ4n) is 2.44. The van der Waals surface area contributed by atoms with Crippen LogP contribution in [0.3, 0.4) is 0 Å². The number of hydrogen-bond donors (Lipinski definition) is 1. The zero-order valence-electron chi connectivity index (χ0n) is 11.1. The Morgan fingerprint density at radius 3 is 2.50 bits per heavy atom. The van der Waals surface area contributed by atoms with Gasteiger partial charge >= 0.3 is 0 Å². The Hall–Kier alpha value is -0.900. The lowest BCUT2D eigenvalue weighted by atomic mass is 9.91. The number of aliphatic hydroxyl groups is 1. The minimum absolute atomic E-state index is 0.626. The molecule has 1 heterocycles. The third-order valence-corrected chi connectivity index (χ3v) is 3.66. The lowest BCUT2D eigenvalue weighted by molar-refractivity contribution is -0.0337. The molecule has 18 heavy (non-hydrogen) atoms. The molecule has 1 unspecified atom stereocenters. The molecule has 2 rings (SSSR count). The van der Waals surface area contributed by atoms with E-state index in [0.717, 1.165) is 45.7 Å². The van der Waals surface area contributed by atoms with Gasteiger partial charge in [-0.1, -0.05) is 37.3 Å². The largest absolute Gasteiger partial charge is 0.388 e. The maximum absolute atomic E-state index is 10.7. The quantitative estimate of drug-likeness (QED) is 0.862. The van der Waals surface area contributed by atoms with Crippen LogP contribution in [0.5, 0.6) is 0 Å². The Balaban J connectivity index is 1.96. The highest BCUT2D eigenvalue weighted by atomic mass is 16.5. The lowest BCUT2D eigenvalue weighted by Crippen LogP contribution is -2.48. The Labute approximate surface area is 109 Å². The van der Waals surface area contributed by atoms with Gasteiger partial charge in [-0.15, -0.1) is 0 Å². The van der Waals surface area contributed by atoms with Gasteiger partial charge in [0.2, 0.25) is 0 Å². The van der Waals surface area contributed by atoms with Crippen molar-refractivity contribution in [1.82, 2.24) is 4.90 Å². The topological polar surface area (TPSA) is 32.7 Å². The van der Waals surface area contributed by atoms with Crippen LogP contribution in [-0.2, 0) is 11.2 Å². The van der Waals surface area contributed by atoms with E-state index in [-0.39, 0.29) is 0 Å². The summed E-state index contributed by atoms with van der Waals surface area (Å²) in [5.74, 6) is 0. The summed E-state index contributed by atoms with van der Waals surface area (Å²) in [5.41, 5.74) is 0.578. The average molecular weight is 249 g/mol. The second kappa shape index (κ2) is 6.32. The van der Waals surface area contributed by atoms with E-state index in [1.165, 1.54) is 5.56 Å². The smallest absolute Gasteiger partial charge is 0.0811 e. The van der Waals surface area contributed by atoms with Crippen LogP contribution in [0.15, 0.2) is 30.3 Å². The van der Waals surface area contributed by atoms with Crippen LogP contribution in [0.4, 0.5) is 0 Å². The SMILES string of the molecule is CCC(O)(Cc1ccccc1)CN1CCOCC1. The second-order valence-electron chi connectivity index (χ2n) is 5.13. The van der Waals surface area contributed by atoms with Gasteiger partial charge in [0.1, 0.15) is 0 Å². The molecule has 3 nitrogen and oxygen atoms in total. The standard InChI is InChI=1S/C15H23NO2/c1-2-15(17,12-14-6-4-3-5-7-14)13-16-8-10-18-11-9-16/h3-7,17H,2,8-13H2,1H3. The molecule has 1 fully saturated rings. The number of morpholine rings is 1. The molecule has 1 aliphatic heterocycles. The summed E-state index contributed by atoms with van der Waals surface area (Å²) in [5, 5.41) is 10.7. The van der Waals surface area contributed by atoms with Crippen molar-refractivity contribution in [3.8, 4) is 0 Å². The Morgan fingerprint density at radius 2 is 1.89 bits per heavy atom. The van der Waals surface area contributed by atoms with Crippen LogP contribution in [0.25, 0.3) is 0 Å². The van der Waals surface area contributed by atoms with E-state index in [0.29, 0.717) is 0 Å². The van der Waals surface area contributed by atoms with Crippen molar-refractivity contribution in [1.29, 1.82) is 0 Å². The van der Waals surface area contributed by atoms with Crippen molar-refractivity contribution < 1.29 is 9.84 Å². The van der Waals surface area contributed by atoms with E-state index in [1.807, 2.05) is 18.2 Å². The second-order valence-corrected chi connectivity index (χ2v) is 5.13. The monoisotopic (exact) mass is 249 g/mol. The summed E-state index contributed by atoms with van der Waals surface area (Å²) in [7, 11) is 0. The maximum Gasteiger partial charge on any atom is 0.0811 e. The molecule has 0 radical (unpaired) electrons. The van der Waals surface area contributed by atoms with Crippen molar-refractivity contribution in [3.63, 3.8) is 0 Å². The van der Waals surface area contributed by atoms with Gasteiger partial charge in [-0.25, -0.2) is 0 Å². The molecule has 1 aliphatic rings. The average Bonchev–Trinajstić information content (AvgIpc) is 2.41. The van der Waals surface area contributed by atoms with E-state index < -0.39 is 5.60 Å². The third kappa shape index (κ3) is 3.80. The van der Waals surface area contributed by atoms with Crippen LogP contribution < -0.4 is 0 Å². The van der Waals surface area contributed by atoms with Crippen LogP contribution in [-0.4, -0.2) is 48.5 Å².